The first-order valence-corrected chi connectivity index (χ1v) is 4.78. The number of piperazine rings is 1. The zero-order valence-corrected chi connectivity index (χ0v) is 8.38. The molecule has 0 unspecified atom stereocenters. The second-order valence-electron chi connectivity index (χ2n) is 3.30. The lowest BCUT2D eigenvalue weighted by Gasteiger charge is -2.33. The Labute approximate surface area is 79.2 Å². The highest BCUT2D eigenvalue weighted by atomic mass is 16.5. The van der Waals surface area contributed by atoms with Crippen LogP contribution in [-0.2, 0) is 9.53 Å². The van der Waals surface area contributed by atoms with Crippen molar-refractivity contribution in [2.45, 2.75) is 19.4 Å². The molecular formula is C9H18N2O2. The second kappa shape index (κ2) is 5.19. The summed E-state index contributed by atoms with van der Waals surface area (Å²) >= 11 is 0. The lowest BCUT2D eigenvalue weighted by molar-refractivity contribution is -0.132. The van der Waals surface area contributed by atoms with Gasteiger partial charge >= 0.3 is 0 Å². The fourth-order valence-corrected chi connectivity index (χ4v) is 1.59. The van der Waals surface area contributed by atoms with Crippen LogP contribution in [0.15, 0.2) is 0 Å². The van der Waals surface area contributed by atoms with Crippen molar-refractivity contribution in [2.24, 2.45) is 0 Å². The molecule has 0 radical (unpaired) electrons. The Kier molecular flexibility index (Phi) is 4.18. The van der Waals surface area contributed by atoms with E-state index in [9.17, 15) is 4.79 Å². The summed E-state index contributed by atoms with van der Waals surface area (Å²) in [6, 6.07) is 0.300. The van der Waals surface area contributed by atoms with Crippen LogP contribution in [0.25, 0.3) is 0 Å². The zero-order valence-electron chi connectivity index (χ0n) is 8.38. The van der Waals surface area contributed by atoms with Gasteiger partial charge in [-0.1, -0.05) is 6.92 Å². The van der Waals surface area contributed by atoms with E-state index in [0.29, 0.717) is 19.1 Å². The maximum absolute atomic E-state index is 11.4. The van der Waals surface area contributed by atoms with Crippen molar-refractivity contribution < 1.29 is 9.53 Å². The molecule has 4 heteroatoms. The van der Waals surface area contributed by atoms with Gasteiger partial charge in [-0.25, -0.2) is 0 Å². The highest BCUT2D eigenvalue weighted by Crippen LogP contribution is 2.01. The minimum absolute atomic E-state index is 0.239. The van der Waals surface area contributed by atoms with Gasteiger partial charge in [0.25, 0.3) is 0 Å². The van der Waals surface area contributed by atoms with E-state index in [-0.39, 0.29) is 5.91 Å². The number of nitrogens with one attached hydrogen (secondary N) is 1. The number of hydrogen-bond acceptors (Lipinski definition) is 3. The van der Waals surface area contributed by atoms with Crippen LogP contribution in [0.2, 0.25) is 0 Å². The molecule has 1 rings (SSSR count). The van der Waals surface area contributed by atoms with Gasteiger partial charge < -0.3 is 15.0 Å². The third-order valence-corrected chi connectivity index (χ3v) is 2.28. The van der Waals surface area contributed by atoms with Crippen molar-refractivity contribution >= 4 is 5.91 Å². The van der Waals surface area contributed by atoms with Gasteiger partial charge in [0.05, 0.1) is 6.61 Å². The summed E-state index contributed by atoms with van der Waals surface area (Å²) in [5.74, 6) is 0.239. The largest absolute Gasteiger partial charge is 0.383 e. The first-order valence-electron chi connectivity index (χ1n) is 4.78. The summed E-state index contributed by atoms with van der Waals surface area (Å²) in [7, 11) is 1.68. The quantitative estimate of drug-likeness (QED) is 0.666. The molecule has 0 aliphatic carbocycles. The van der Waals surface area contributed by atoms with Crippen LogP contribution in [-0.4, -0.2) is 50.2 Å². The molecule has 0 saturated carbocycles. The molecular weight excluding hydrogens is 168 g/mol. The topological polar surface area (TPSA) is 41.6 Å². The molecule has 0 aromatic carbocycles. The molecule has 1 fully saturated rings. The average Bonchev–Trinajstić information content (AvgIpc) is 2.18. The van der Waals surface area contributed by atoms with Crippen molar-refractivity contribution in [3.8, 4) is 0 Å². The van der Waals surface area contributed by atoms with Gasteiger partial charge in [0, 0.05) is 39.2 Å². The Hall–Kier alpha value is -0.610. The van der Waals surface area contributed by atoms with E-state index in [1.807, 2.05) is 11.8 Å². The van der Waals surface area contributed by atoms with E-state index in [4.69, 9.17) is 4.74 Å². The van der Waals surface area contributed by atoms with Crippen LogP contribution < -0.4 is 5.32 Å². The number of carbonyl (C=O) groups is 1. The maximum Gasteiger partial charge on any atom is 0.222 e. The lowest BCUT2D eigenvalue weighted by atomic mass is 10.2. The minimum atomic E-state index is 0.239. The minimum Gasteiger partial charge on any atom is -0.383 e. The fraction of sp³-hybridized carbons (Fsp3) is 0.889. The Morgan fingerprint density at radius 1 is 1.69 bits per heavy atom. The standard InChI is InChI=1S/C9H18N2O2/c1-3-9(12)11-5-4-10-8(6-11)7-13-2/h8,10H,3-7H2,1-2H3/t8-/m0/s1. The molecule has 0 aromatic heterocycles. The number of methoxy groups -OCH3 is 1. The Bertz CT molecular complexity index is 171. The van der Waals surface area contributed by atoms with Crippen LogP contribution in [0, 0.1) is 0 Å². The van der Waals surface area contributed by atoms with E-state index in [0.717, 1.165) is 19.6 Å². The zero-order chi connectivity index (χ0) is 9.68. The van der Waals surface area contributed by atoms with E-state index in [2.05, 4.69) is 5.32 Å². The monoisotopic (exact) mass is 186 g/mol. The third kappa shape index (κ3) is 2.97. The predicted octanol–water partition coefficient (Wildman–Crippen LogP) is -0.157. The van der Waals surface area contributed by atoms with Crippen molar-refractivity contribution in [3.63, 3.8) is 0 Å². The fourth-order valence-electron chi connectivity index (χ4n) is 1.59. The van der Waals surface area contributed by atoms with E-state index in [1.165, 1.54) is 0 Å². The van der Waals surface area contributed by atoms with Crippen LogP contribution in [0.5, 0.6) is 0 Å². The van der Waals surface area contributed by atoms with E-state index in [1.54, 1.807) is 7.11 Å². The van der Waals surface area contributed by atoms with Gasteiger partial charge in [0.1, 0.15) is 0 Å². The first-order chi connectivity index (χ1) is 6.27. The smallest absolute Gasteiger partial charge is 0.222 e. The Morgan fingerprint density at radius 3 is 3.08 bits per heavy atom. The summed E-state index contributed by atoms with van der Waals surface area (Å²) in [6.07, 6.45) is 0.597. The Morgan fingerprint density at radius 2 is 2.46 bits per heavy atom. The van der Waals surface area contributed by atoms with Gasteiger partial charge in [-0.15, -0.1) is 0 Å². The molecule has 4 nitrogen and oxygen atoms in total. The SMILES string of the molecule is CCC(=O)N1CCN[C@H](COC)C1. The predicted molar refractivity (Wildman–Crippen MR) is 50.5 cm³/mol. The summed E-state index contributed by atoms with van der Waals surface area (Å²) in [6.45, 7) is 5.05. The van der Waals surface area contributed by atoms with Crippen molar-refractivity contribution in [2.75, 3.05) is 33.4 Å². The first kappa shape index (κ1) is 10.5. The average molecular weight is 186 g/mol. The summed E-state index contributed by atoms with van der Waals surface area (Å²) < 4.78 is 5.04. The van der Waals surface area contributed by atoms with Crippen LogP contribution in [0.4, 0.5) is 0 Å². The summed E-state index contributed by atoms with van der Waals surface area (Å²) in [5.41, 5.74) is 0. The number of nitrogens with zero attached hydrogens (tertiary/aromatic N) is 1. The van der Waals surface area contributed by atoms with Crippen molar-refractivity contribution in [1.29, 1.82) is 0 Å². The molecule has 76 valence electrons. The van der Waals surface area contributed by atoms with Crippen molar-refractivity contribution in [3.05, 3.63) is 0 Å². The molecule has 13 heavy (non-hydrogen) atoms. The molecule has 0 spiro atoms. The molecule has 1 N–H and O–H groups in total. The van der Waals surface area contributed by atoms with Crippen LogP contribution >= 0.6 is 0 Å². The molecule has 1 aliphatic rings. The number of ether oxygens (including phenoxy) is 1. The molecule has 1 aliphatic heterocycles. The number of amides is 1. The van der Waals surface area contributed by atoms with Gasteiger partial charge in [0.15, 0.2) is 0 Å². The lowest BCUT2D eigenvalue weighted by Crippen LogP contribution is -2.54. The normalized spacial score (nSPS) is 23.2. The van der Waals surface area contributed by atoms with Crippen molar-refractivity contribution in [1.82, 2.24) is 10.2 Å². The molecule has 1 atom stereocenters. The van der Waals surface area contributed by atoms with Gasteiger partial charge in [-0.3, -0.25) is 4.79 Å². The van der Waals surface area contributed by atoms with E-state index >= 15 is 0 Å². The highest BCUT2D eigenvalue weighted by Gasteiger charge is 2.21. The molecule has 0 bridgehead atoms. The molecule has 1 saturated heterocycles. The number of carbonyl (C=O) groups excluding carboxylic acids is 1. The third-order valence-electron chi connectivity index (χ3n) is 2.28. The highest BCUT2D eigenvalue weighted by molar-refractivity contribution is 5.75. The number of hydrogen-bond donors (Lipinski definition) is 1. The number of rotatable bonds is 3. The van der Waals surface area contributed by atoms with Crippen LogP contribution in [0.3, 0.4) is 0 Å². The summed E-state index contributed by atoms with van der Waals surface area (Å²) in [4.78, 5) is 13.3. The van der Waals surface area contributed by atoms with Gasteiger partial charge in [0.2, 0.25) is 5.91 Å². The summed E-state index contributed by atoms with van der Waals surface area (Å²) in [5, 5.41) is 3.31. The van der Waals surface area contributed by atoms with Crippen LogP contribution in [0.1, 0.15) is 13.3 Å². The Balaban J connectivity index is 2.37. The van der Waals surface area contributed by atoms with Gasteiger partial charge in [-0.2, -0.15) is 0 Å². The van der Waals surface area contributed by atoms with E-state index < -0.39 is 0 Å². The van der Waals surface area contributed by atoms with Gasteiger partial charge in [-0.05, 0) is 0 Å². The maximum atomic E-state index is 11.4. The second-order valence-corrected chi connectivity index (χ2v) is 3.30. The molecule has 1 heterocycles. The molecule has 0 aromatic rings. The molecule has 1 amide bonds.